The fourth-order valence-electron chi connectivity index (χ4n) is 4.71. The minimum absolute atomic E-state index is 0.0314. The molecule has 0 amide bonds. The van der Waals surface area contributed by atoms with Gasteiger partial charge in [-0.1, -0.05) is 24.3 Å². The zero-order valence-corrected chi connectivity index (χ0v) is 23.1. The molecule has 8 nitrogen and oxygen atoms in total. The molecule has 9 heteroatoms. The third kappa shape index (κ3) is 5.51. The molecule has 0 saturated heterocycles. The molecule has 0 atom stereocenters. The second-order valence-corrected chi connectivity index (χ2v) is 9.35. The molecule has 0 unspecified atom stereocenters. The Kier molecular flexibility index (Phi) is 7.78. The molecule has 5 aromatic rings. The van der Waals surface area contributed by atoms with Crippen molar-refractivity contribution >= 4 is 16.8 Å². The van der Waals surface area contributed by atoms with Crippen LogP contribution in [0.15, 0.2) is 77.9 Å². The second-order valence-electron chi connectivity index (χ2n) is 9.35. The lowest BCUT2D eigenvalue weighted by molar-refractivity contribution is 0.0990. The SMILES string of the molecule is CCn1cc(-c2ccc(F)cc2)c(=O)c(C(=O)Cc2ccc(Oc3ccnc4cc(OC)c(OC)nc34)cc2)c1C. The van der Waals surface area contributed by atoms with Crippen molar-refractivity contribution in [2.45, 2.75) is 26.8 Å². The lowest BCUT2D eigenvalue weighted by atomic mass is 9.97. The first-order chi connectivity index (χ1) is 19.8. The van der Waals surface area contributed by atoms with E-state index in [1.807, 2.05) is 11.5 Å². The summed E-state index contributed by atoms with van der Waals surface area (Å²) >= 11 is 0. The average molecular weight is 554 g/mol. The number of carbonyl (C=O) groups excluding carboxylic acids is 1. The number of nitrogens with zero attached hydrogens (tertiary/aromatic N) is 3. The molecule has 3 heterocycles. The van der Waals surface area contributed by atoms with Gasteiger partial charge in [0.1, 0.15) is 17.1 Å². The van der Waals surface area contributed by atoms with Crippen molar-refractivity contribution in [1.29, 1.82) is 0 Å². The van der Waals surface area contributed by atoms with Crippen LogP contribution in [0, 0.1) is 12.7 Å². The molecule has 41 heavy (non-hydrogen) atoms. The average Bonchev–Trinajstić information content (AvgIpc) is 2.98. The van der Waals surface area contributed by atoms with E-state index >= 15 is 0 Å². The van der Waals surface area contributed by atoms with Gasteiger partial charge in [0.05, 0.1) is 25.3 Å². The van der Waals surface area contributed by atoms with E-state index in [1.54, 1.807) is 67.8 Å². The van der Waals surface area contributed by atoms with E-state index < -0.39 is 5.82 Å². The molecule has 2 aromatic carbocycles. The minimum Gasteiger partial charge on any atom is -0.491 e. The van der Waals surface area contributed by atoms with Gasteiger partial charge in [-0.2, -0.15) is 0 Å². The van der Waals surface area contributed by atoms with Crippen LogP contribution in [0.5, 0.6) is 23.1 Å². The Labute approximate surface area is 236 Å². The van der Waals surface area contributed by atoms with Crippen LogP contribution < -0.4 is 19.6 Å². The van der Waals surface area contributed by atoms with Crippen molar-refractivity contribution in [1.82, 2.24) is 14.5 Å². The summed E-state index contributed by atoms with van der Waals surface area (Å²) < 4.78 is 32.1. The first-order valence-electron chi connectivity index (χ1n) is 13.0. The van der Waals surface area contributed by atoms with Crippen LogP contribution in [0.2, 0.25) is 0 Å². The number of methoxy groups -OCH3 is 2. The number of hydrogen-bond acceptors (Lipinski definition) is 7. The summed E-state index contributed by atoms with van der Waals surface area (Å²) in [5.41, 5.74) is 3.09. The molecule has 0 N–H and O–H groups in total. The summed E-state index contributed by atoms with van der Waals surface area (Å²) in [6, 6.07) is 16.2. The van der Waals surface area contributed by atoms with Gasteiger partial charge in [0.15, 0.2) is 22.7 Å². The molecule has 5 rings (SSSR count). The number of aromatic nitrogens is 3. The minimum atomic E-state index is -0.395. The molecule has 0 aliphatic rings. The lowest BCUT2D eigenvalue weighted by Gasteiger charge is -2.15. The Morgan fingerprint density at radius 1 is 0.976 bits per heavy atom. The van der Waals surface area contributed by atoms with Gasteiger partial charge in [-0.15, -0.1) is 0 Å². The normalized spacial score (nSPS) is 11.0. The summed E-state index contributed by atoms with van der Waals surface area (Å²) in [4.78, 5) is 35.7. The van der Waals surface area contributed by atoms with E-state index in [2.05, 4.69) is 9.97 Å². The van der Waals surface area contributed by atoms with Crippen molar-refractivity contribution < 1.29 is 23.4 Å². The number of ketones is 1. The van der Waals surface area contributed by atoms with Crippen LogP contribution in [0.3, 0.4) is 0 Å². The van der Waals surface area contributed by atoms with Crippen molar-refractivity contribution in [3.05, 3.63) is 106 Å². The molecule has 0 spiro atoms. The van der Waals surface area contributed by atoms with Gasteiger partial charge in [-0.05, 0) is 49.2 Å². The molecule has 0 aliphatic carbocycles. The number of benzene rings is 2. The second kappa shape index (κ2) is 11.6. The number of ether oxygens (including phenoxy) is 3. The molecule has 208 valence electrons. The number of rotatable bonds is 9. The van der Waals surface area contributed by atoms with E-state index in [0.717, 1.165) is 5.56 Å². The quantitative estimate of drug-likeness (QED) is 0.202. The van der Waals surface area contributed by atoms with Gasteiger partial charge in [0, 0.05) is 48.7 Å². The standard InChI is InChI=1S/C32H28FN3O5/c1-5-36-18-24(21-8-10-22(33)11-9-21)31(38)29(19(36)2)26(37)16-20-6-12-23(13-7-20)41-27-14-15-34-25-17-28(39-3)32(40-4)35-30(25)27/h6-15,17-18H,5,16H2,1-4H3. The van der Waals surface area contributed by atoms with E-state index in [4.69, 9.17) is 14.2 Å². The fourth-order valence-corrected chi connectivity index (χ4v) is 4.71. The van der Waals surface area contributed by atoms with Crippen molar-refractivity contribution in [2.75, 3.05) is 14.2 Å². The molecule has 0 aliphatic heterocycles. The Balaban J connectivity index is 1.40. The molecule has 0 bridgehead atoms. The van der Waals surface area contributed by atoms with Crippen LogP contribution in [0.4, 0.5) is 4.39 Å². The molecule has 0 fully saturated rings. The van der Waals surface area contributed by atoms with Crippen LogP contribution in [0.25, 0.3) is 22.2 Å². The number of fused-ring (bicyclic) bond motifs is 1. The Hall–Kier alpha value is -5.05. The monoisotopic (exact) mass is 553 g/mol. The molecule has 0 radical (unpaired) electrons. The lowest BCUT2D eigenvalue weighted by Crippen LogP contribution is -2.24. The van der Waals surface area contributed by atoms with E-state index in [9.17, 15) is 14.0 Å². The number of halogens is 1. The van der Waals surface area contributed by atoms with Gasteiger partial charge in [-0.25, -0.2) is 9.37 Å². The van der Waals surface area contributed by atoms with E-state index in [-0.39, 0.29) is 23.2 Å². The summed E-state index contributed by atoms with van der Waals surface area (Å²) in [6.07, 6.45) is 3.37. The van der Waals surface area contributed by atoms with Gasteiger partial charge >= 0.3 is 0 Å². The molecule has 3 aromatic heterocycles. The number of carbonyl (C=O) groups is 1. The molecule has 0 saturated carbocycles. The van der Waals surface area contributed by atoms with Gasteiger partial charge in [0.25, 0.3) is 5.88 Å². The summed E-state index contributed by atoms with van der Waals surface area (Å²) in [5.74, 6) is 1.10. The number of hydrogen-bond donors (Lipinski definition) is 0. The van der Waals surface area contributed by atoms with Crippen LogP contribution in [-0.4, -0.2) is 34.5 Å². The highest BCUT2D eigenvalue weighted by molar-refractivity contribution is 5.99. The van der Waals surface area contributed by atoms with Gasteiger partial charge in [-0.3, -0.25) is 14.6 Å². The topological polar surface area (TPSA) is 92.5 Å². The highest BCUT2D eigenvalue weighted by Gasteiger charge is 2.20. The smallest absolute Gasteiger partial charge is 0.257 e. The summed E-state index contributed by atoms with van der Waals surface area (Å²) in [7, 11) is 3.03. The number of Topliss-reactive ketones (excluding diaryl/α,β-unsaturated/α-hetero) is 1. The molecular formula is C32H28FN3O5. The maximum absolute atomic E-state index is 13.5. The summed E-state index contributed by atoms with van der Waals surface area (Å²) in [5, 5.41) is 0. The fraction of sp³-hybridized carbons (Fsp3) is 0.188. The Bertz CT molecular complexity index is 1800. The molecular weight excluding hydrogens is 525 g/mol. The predicted octanol–water partition coefficient (Wildman–Crippen LogP) is 6.16. The third-order valence-corrected chi connectivity index (χ3v) is 6.86. The van der Waals surface area contributed by atoms with Crippen LogP contribution in [0.1, 0.15) is 28.5 Å². The van der Waals surface area contributed by atoms with Crippen molar-refractivity contribution in [3.8, 4) is 34.3 Å². The maximum Gasteiger partial charge on any atom is 0.257 e. The van der Waals surface area contributed by atoms with E-state index in [1.165, 1.54) is 26.4 Å². The highest BCUT2D eigenvalue weighted by Crippen LogP contribution is 2.34. The van der Waals surface area contributed by atoms with Crippen molar-refractivity contribution in [2.24, 2.45) is 0 Å². The van der Waals surface area contributed by atoms with Gasteiger partial charge in [0.2, 0.25) is 0 Å². The zero-order valence-electron chi connectivity index (χ0n) is 23.1. The Morgan fingerprint density at radius 3 is 2.37 bits per heavy atom. The largest absolute Gasteiger partial charge is 0.491 e. The van der Waals surface area contributed by atoms with Crippen LogP contribution >= 0.6 is 0 Å². The predicted molar refractivity (Wildman–Crippen MR) is 154 cm³/mol. The third-order valence-electron chi connectivity index (χ3n) is 6.86. The first kappa shape index (κ1) is 27.5. The van der Waals surface area contributed by atoms with Crippen LogP contribution in [-0.2, 0) is 13.0 Å². The highest BCUT2D eigenvalue weighted by atomic mass is 19.1. The van der Waals surface area contributed by atoms with Gasteiger partial charge < -0.3 is 18.8 Å². The Morgan fingerprint density at radius 2 is 1.71 bits per heavy atom. The number of pyridine rings is 3. The number of aryl methyl sites for hydroxylation is 1. The first-order valence-corrected chi connectivity index (χ1v) is 13.0. The van der Waals surface area contributed by atoms with E-state index in [0.29, 0.717) is 57.5 Å². The summed E-state index contributed by atoms with van der Waals surface area (Å²) in [6.45, 7) is 4.28. The maximum atomic E-state index is 13.5. The van der Waals surface area contributed by atoms with Crippen molar-refractivity contribution in [3.63, 3.8) is 0 Å². The zero-order chi connectivity index (χ0) is 29.1.